The Morgan fingerprint density at radius 3 is 2.68 bits per heavy atom. The average Bonchev–Trinajstić information content (AvgIpc) is 3.02. The predicted octanol–water partition coefficient (Wildman–Crippen LogP) is 1.51. The number of hydrogen-bond donors (Lipinski definition) is 1. The van der Waals surface area contributed by atoms with E-state index in [4.69, 9.17) is 0 Å². The molecule has 0 radical (unpaired) electrons. The van der Waals surface area contributed by atoms with Gasteiger partial charge in [-0.2, -0.15) is 0 Å². The van der Waals surface area contributed by atoms with Gasteiger partial charge in [0.2, 0.25) is 15.9 Å². The molecule has 2 aliphatic heterocycles. The van der Waals surface area contributed by atoms with Gasteiger partial charge in [0.15, 0.2) is 0 Å². The van der Waals surface area contributed by atoms with E-state index in [0.717, 1.165) is 24.9 Å². The van der Waals surface area contributed by atoms with Crippen LogP contribution in [0.1, 0.15) is 31.7 Å². The van der Waals surface area contributed by atoms with Gasteiger partial charge in [-0.25, -0.2) is 12.7 Å². The second kappa shape index (κ2) is 6.01. The summed E-state index contributed by atoms with van der Waals surface area (Å²) in [6.45, 7) is 2.80. The van der Waals surface area contributed by atoms with Crippen LogP contribution in [0.15, 0.2) is 30.3 Å². The number of amides is 1. The van der Waals surface area contributed by atoms with E-state index >= 15 is 0 Å². The number of rotatable bonds is 5. The number of carbonyl (C=O) groups excluding carboxylic acids is 1. The summed E-state index contributed by atoms with van der Waals surface area (Å²) in [5.41, 5.74) is 0.719. The van der Waals surface area contributed by atoms with Crippen molar-refractivity contribution in [1.29, 1.82) is 0 Å². The van der Waals surface area contributed by atoms with Crippen molar-refractivity contribution in [2.24, 2.45) is 5.92 Å². The normalized spacial score (nSPS) is 28.1. The Hall–Kier alpha value is -1.40. The van der Waals surface area contributed by atoms with Crippen LogP contribution in [-0.4, -0.2) is 37.3 Å². The van der Waals surface area contributed by atoms with E-state index in [1.807, 2.05) is 25.1 Å². The highest BCUT2D eigenvalue weighted by atomic mass is 32.2. The lowest BCUT2D eigenvalue weighted by Gasteiger charge is -2.23. The molecule has 2 saturated heterocycles. The van der Waals surface area contributed by atoms with Gasteiger partial charge >= 0.3 is 0 Å². The molecule has 1 amide bonds. The second-order valence-corrected chi connectivity index (χ2v) is 7.95. The first-order chi connectivity index (χ1) is 10.5. The Kier molecular flexibility index (Phi) is 4.23. The van der Waals surface area contributed by atoms with Crippen molar-refractivity contribution in [3.8, 4) is 0 Å². The minimum absolute atomic E-state index is 0.0157. The number of fused-ring (bicyclic) bond motifs is 1. The van der Waals surface area contributed by atoms with E-state index in [-0.39, 0.29) is 29.7 Å². The van der Waals surface area contributed by atoms with Crippen LogP contribution in [0.5, 0.6) is 0 Å². The van der Waals surface area contributed by atoms with Gasteiger partial charge in [0.25, 0.3) is 0 Å². The zero-order chi connectivity index (χ0) is 15.7. The number of carbonyl (C=O) groups is 1. The number of nitrogens with zero attached hydrogens (tertiary/aromatic N) is 1. The summed E-state index contributed by atoms with van der Waals surface area (Å²) >= 11 is 0. The maximum atomic E-state index is 12.8. The fourth-order valence-corrected chi connectivity index (χ4v) is 5.49. The largest absolute Gasteiger partial charge is 0.311 e. The van der Waals surface area contributed by atoms with Gasteiger partial charge in [0, 0.05) is 6.04 Å². The number of sulfonamides is 1. The maximum Gasteiger partial charge on any atom is 0.241 e. The molecular weight excluding hydrogens is 300 g/mol. The summed E-state index contributed by atoms with van der Waals surface area (Å²) in [7, 11) is -3.62. The number of hydrogen-bond acceptors (Lipinski definition) is 4. The molecule has 22 heavy (non-hydrogen) atoms. The van der Waals surface area contributed by atoms with Crippen LogP contribution in [0.25, 0.3) is 0 Å². The molecule has 1 aromatic rings. The Bertz CT molecular complexity index is 645. The molecule has 6 heteroatoms. The van der Waals surface area contributed by atoms with Gasteiger partial charge < -0.3 is 5.32 Å². The van der Waals surface area contributed by atoms with Gasteiger partial charge in [-0.1, -0.05) is 43.7 Å². The zero-order valence-corrected chi connectivity index (χ0v) is 13.6. The van der Waals surface area contributed by atoms with Gasteiger partial charge in [0.1, 0.15) is 0 Å². The van der Waals surface area contributed by atoms with Crippen molar-refractivity contribution in [3.63, 3.8) is 0 Å². The van der Waals surface area contributed by atoms with Crippen molar-refractivity contribution in [2.45, 2.75) is 44.0 Å². The highest BCUT2D eigenvalue weighted by Gasteiger charge is 2.53. The quantitative estimate of drug-likeness (QED) is 0.892. The third kappa shape index (κ3) is 2.65. The summed E-state index contributed by atoms with van der Waals surface area (Å²) in [5.74, 6) is -0.537. The molecule has 0 saturated carbocycles. The Balaban J connectivity index is 1.87. The van der Waals surface area contributed by atoms with Crippen molar-refractivity contribution in [3.05, 3.63) is 35.9 Å². The first kappa shape index (κ1) is 15.5. The fraction of sp³-hybridized carbons (Fsp3) is 0.562. The lowest BCUT2D eigenvalue weighted by Crippen LogP contribution is -2.41. The van der Waals surface area contributed by atoms with E-state index in [1.165, 1.54) is 4.31 Å². The summed E-state index contributed by atoms with van der Waals surface area (Å²) in [6, 6.07) is 8.83. The van der Waals surface area contributed by atoms with Crippen LogP contribution in [0.4, 0.5) is 0 Å². The third-order valence-corrected chi connectivity index (χ3v) is 6.34. The molecule has 0 unspecified atom stereocenters. The first-order valence-electron chi connectivity index (χ1n) is 7.88. The molecule has 3 rings (SSSR count). The molecule has 0 bridgehead atoms. The summed E-state index contributed by atoms with van der Waals surface area (Å²) in [4.78, 5) is 12.7. The average molecular weight is 322 g/mol. The van der Waals surface area contributed by atoms with E-state index in [0.29, 0.717) is 6.42 Å². The Morgan fingerprint density at radius 1 is 1.27 bits per heavy atom. The van der Waals surface area contributed by atoms with Crippen molar-refractivity contribution >= 4 is 15.9 Å². The summed E-state index contributed by atoms with van der Waals surface area (Å²) < 4.78 is 26.8. The lowest BCUT2D eigenvalue weighted by molar-refractivity contribution is -0.128. The second-order valence-electron chi connectivity index (χ2n) is 6.11. The number of nitrogens with one attached hydrogen (secondary N) is 1. The predicted molar refractivity (Wildman–Crippen MR) is 84.5 cm³/mol. The van der Waals surface area contributed by atoms with Crippen molar-refractivity contribution in [2.75, 3.05) is 6.54 Å². The highest BCUT2D eigenvalue weighted by Crippen LogP contribution is 2.36. The van der Waals surface area contributed by atoms with Crippen molar-refractivity contribution in [1.82, 2.24) is 9.62 Å². The van der Waals surface area contributed by atoms with E-state index in [9.17, 15) is 13.2 Å². The van der Waals surface area contributed by atoms with Crippen LogP contribution in [0.3, 0.4) is 0 Å². The van der Waals surface area contributed by atoms with Gasteiger partial charge in [-0.15, -0.1) is 0 Å². The molecule has 3 atom stereocenters. The number of benzene rings is 1. The molecule has 0 spiro atoms. The molecule has 0 aliphatic carbocycles. The monoisotopic (exact) mass is 322 g/mol. The Morgan fingerprint density at radius 2 is 2.00 bits per heavy atom. The maximum absolute atomic E-state index is 12.8. The Labute approximate surface area is 131 Å². The van der Waals surface area contributed by atoms with Gasteiger partial charge in [0.05, 0.1) is 17.7 Å². The first-order valence-corrected chi connectivity index (χ1v) is 9.49. The SMILES string of the molecule is CCC[C@H]1C(=O)N(S(=O)(=O)Cc2ccccc2)[C@H]2CCN[C@H]12. The van der Waals surface area contributed by atoms with Crippen molar-refractivity contribution < 1.29 is 13.2 Å². The highest BCUT2D eigenvalue weighted by molar-refractivity contribution is 7.88. The molecule has 2 aliphatic rings. The van der Waals surface area contributed by atoms with E-state index < -0.39 is 10.0 Å². The molecule has 1 aromatic carbocycles. The molecule has 120 valence electrons. The molecular formula is C16H22N2O3S. The smallest absolute Gasteiger partial charge is 0.241 e. The molecule has 2 fully saturated rings. The topological polar surface area (TPSA) is 66.5 Å². The zero-order valence-electron chi connectivity index (χ0n) is 12.7. The molecule has 0 aromatic heterocycles. The molecule has 5 nitrogen and oxygen atoms in total. The minimum atomic E-state index is -3.62. The standard InChI is InChI=1S/C16H22N2O3S/c1-2-6-13-15-14(9-10-17-15)18(16(13)19)22(20,21)11-12-7-4-3-5-8-12/h3-5,7-8,13-15,17H,2,6,9-11H2,1H3/t13-,14+,15-/m1/s1. The van der Waals surface area contributed by atoms with Crippen LogP contribution < -0.4 is 5.32 Å². The van der Waals surface area contributed by atoms with Gasteiger partial charge in [-0.05, 0) is 24.9 Å². The van der Waals surface area contributed by atoms with Crippen LogP contribution in [0, 0.1) is 5.92 Å². The van der Waals surface area contributed by atoms with Gasteiger partial charge in [-0.3, -0.25) is 4.79 Å². The van der Waals surface area contributed by atoms with E-state index in [1.54, 1.807) is 12.1 Å². The lowest BCUT2D eigenvalue weighted by atomic mass is 9.95. The minimum Gasteiger partial charge on any atom is -0.311 e. The summed E-state index contributed by atoms with van der Waals surface area (Å²) in [5, 5.41) is 3.32. The summed E-state index contributed by atoms with van der Waals surface area (Å²) in [6.07, 6.45) is 2.34. The molecule has 2 heterocycles. The third-order valence-electron chi connectivity index (χ3n) is 4.60. The fourth-order valence-electron chi connectivity index (χ4n) is 3.68. The van der Waals surface area contributed by atoms with Crippen LogP contribution >= 0.6 is 0 Å². The van der Waals surface area contributed by atoms with E-state index in [2.05, 4.69) is 5.32 Å². The molecule has 1 N–H and O–H groups in total. The van der Waals surface area contributed by atoms with Crippen LogP contribution in [0.2, 0.25) is 0 Å². The van der Waals surface area contributed by atoms with Crippen LogP contribution in [-0.2, 0) is 20.6 Å².